The van der Waals surface area contributed by atoms with Gasteiger partial charge in [-0.2, -0.15) is 0 Å². The quantitative estimate of drug-likeness (QED) is 0.610. The summed E-state index contributed by atoms with van der Waals surface area (Å²) in [4.78, 5) is 24.2. The maximum atomic E-state index is 11.8. The fraction of sp³-hybridized carbons (Fsp3) is 0.385. The molecule has 0 aliphatic heterocycles. The van der Waals surface area contributed by atoms with Gasteiger partial charge in [0.25, 0.3) is 0 Å². The van der Waals surface area contributed by atoms with Crippen LogP contribution in [0.25, 0.3) is 0 Å². The van der Waals surface area contributed by atoms with Gasteiger partial charge in [0, 0.05) is 12.6 Å². The minimum atomic E-state index is -0.994. The number of hydrogen-bond donors (Lipinski definition) is 2. The van der Waals surface area contributed by atoms with Gasteiger partial charge < -0.3 is 21.1 Å². The monoisotopic (exact) mass is 265 g/mol. The summed E-state index contributed by atoms with van der Waals surface area (Å²) in [5, 5.41) is 0. The zero-order valence-electron chi connectivity index (χ0n) is 11.2. The van der Waals surface area contributed by atoms with E-state index in [9.17, 15) is 9.59 Å². The third kappa shape index (κ3) is 3.61. The van der Waals surface area contributed by atoms with E-state index in [-0.39, 0.29) is 0 Å². The maximum Gasteiger partial charge on any atom is 0.316 e. The number of methoxy groups -OCH3 is 1. The van der Waals surface area contributed by atoms with Gasteiger partial charge in [-0.05, 0) is 18.6 Å². The second-order valence-corrected chi connectivity index (χ2v) is 4.10. The minimum Gasteiger partial charge on any atom is -0.497 e. The Bertz CT molecular complexity index is 474. The number of ether oxygens (including phenoxy) is 1. The molecule has 0 fully saturated rings. The predicted octanol–water partition coefficient (Wildman–Crippen LogP) is 0.896. The average Bonchev–Trinajstić information content (AvgIpc) is 2.39. The predicted molar refractivity (Wildman–Crippen MR) is 73.9 cm³/mol. The van der Waals surface area contributed by atoms with Gasteiger partial charge in [0.2, 0.25) is 0 Å². The second kappa shape index (κ2) is 6.63. The van der Waals surface area contributed by atoms with Gasteiger partial charge in [-0.15, -0.1) is 0 Å². The Balaban J connectivity index is 3.09. The van der Waals surface area contributed by atoms with Gasteiger partial charge in [-0.3, -0.25) is 9.59 Å². The normalized spacial score (nSPS) is 10.0. The number of amides is 2. The van der Waals surface area contributed by atoms with E-state index in [4.69, 9.17) is 16.2 Å². The zero-order chi connectivity index (χ0) is 14.4. The average molecular weight is 265 g/mol. The fourth-order valence-electron chi connectivity index (χ4n) is 1.69. The summed E-state index contributed by atoms with van der Waals surface area (Å²) in [6, 6.07) is 4.92. The molecule has 0 atom stereocenters. The van der Waals surface area contributed by atoms with Gasteiger partial charge in [0.15, 0.2) is 0 Å². The van der Waals surface area contributed by atoms with Gasteiger partial charge in [0.05, 0.1) is 18.5 Å². The lowest BCUT2D eigenvalue weighted by Gasteiger charge is -2.23. The van der Waals surface area contributed by atoms with Crippen molar-refractivity contribution in [3.8, 4) is 5.75 Å². The van der Waals surface area contributed by atoms with Crippen LogP contribution in [0.3, 0.4) is 0 Å². The highest BCUT2D eigenvalue weighted by Gasteiger charge is 2.22. The molecule has 104 valence electrons. The number of benzene rings is 1. The van der Waals surface area contributed by atoms with Gasteiger partial charge in [-0.1, -0.05) is 13.3 Å². The van der Waals surface area contributed by atoms with Crippen molar-refractivity contribution < 1.29 is 14.3 Å². The maximum absolute atomic E-state index is 11.8. The topological polar surface area (TPSA) is 98.6 Å². The molecule has 0 heterocycles. The van der Waals surface area contributed by atoms with Crippen LogP contribution in [0.2, 0.25) is 0 Å². The van der Waals surface area contributed by atoms with Crippen LogP contribution in [0, 0.1) is 0 Å². The number of primary amides is 1. The summed E-state index contributed by atoms with van der Waals surface area (Å²) in [5.41, 5.74) is 11.8. The van der Waals surface area contributed by atoms with Gasteiger partial charge in [-0.25, -0.2) is 0 Å². The first kappa shape index (κ1) is 14.8. The van der Waals surface area contributed by atoms with Crippen molar-refractivity contribution in [1.82, 2.24) is 0 Å². The van der Waals surface area contributed by atoms with E-state index in [1.807, 2.05) is 6.92 Å². The largest absolute Gasteiger partial charge is 0.497 e. The van der Waals surface area contributed by atoms with Crippen LogP contribution >= 0.6 is 0 Å². The standard InChI is InChI=1S/C13H19N3O3/c1-3-4-7-16(13(18)12(15)17)11-6-5-9(19-2)8-10(11)14/h5-6,8H,3-4,7,14H2,1-2H3,(H2,15,17). The first-order valence-electron chi connectivity index (χ1n) is 6.06. The van der Waals surface area contributed by atoms with E-state index in [0.717, 1.165) is 12.8 Å². The van der Waals surface area contributed by atoms with Crippen LogP contribution < -0.4 is 21.1 Å². The van der Waals surface area contributed by atoms with E-state index in [1.54, 1.807) is 18.2 Å². The molecule has 0 spiro atoms. The Morgan fingerprint density at radius 1 is 1.37 bits per heavy atom. The molecule has 19 heavy (non-hydrogen) atoms. The molecule has 1 aromatic carbocycles. The van der Waals surface area contributed by atoms with E-state index in [0.29, 0.717) is 23.7 Å². The first-order valence-corrected chi connectivity index (χ1v) is 6.06. The lowest BCUT2D eigenvalue weighted by atomic mass is 10.2. The molecule has 2 amide bonds. The molecular formula is C13H19N3O3. The van der Waals surface area contributed by atoms with Crippen LogP contribution in [0.4, 0.5) is 11.4 Å². The summed E-state index contributed by atoms with van der Waals surface area (Å²) < 4.78 is 5.04. The van der Waals surface area contributed by atoms with E-state index >= 15 is 0 Å². The summed E-state index contributed by atoms with van der Waals surface area (Å²) in [5.74, 6) is -1.17. The zero-order valence-corrected chi connectivity index (χ0v) is 11.2. The highest BCUT2D eigenvalue weighted by Crippen LogP contribution is 2.28. The number of nitrogen functional groups attached to an aromatic ring is 1. The number of nitrogens with zero attached hydrogens (tertiary/aromatic N) is 1. The molecule has 0 unspecified atom stereocenters. The molecule has 6 nitrogen and oxygen atoms in total. The smallest absolute Gasteiger partial charge is 0.316 e. The first-order chi connectivity index (χ1) is 9.01. The molecule has 0 bridgehead atoms. The molecule has 1 aromatic rings. The van der Waals surface area contributed by atoms with Crippen molar-refractivity contribution in [2.45, 2.75) is 19.8 Å². The molecule has 0 aromatic heterocycles. The number of unbranched alkanes of at least 4 members (excludes halogenated alkanes) is 1. The molecule has 6 heteroatoms. The van der Waals surface area contributed by atoms with Crippen LogP contribution in [-0.2, 0) is 9.59 Å². The SMILES string of the molecule is CCCCN(C(=O)C(N)=O)c1ccc(OC)cc1N. The van der Waals surface area contributed by atoms with Crippen molar-refractivity contribution in [1.29, 1.82) is 0 Å². The van der Waals surface area contributed by atoms with Crippen molar-refractivity contribution in [3.05, 3.63) is 18.2 Å². The summed E-state index contributed by atoms with van der Waals surface area (Å²) in [6.07, 6.45) is 1.64. The fourth-order valence-corrected chi connectivity index (χ4v) is 1.69. The van der Waals surface area contributed by atoms with Crippen molar-refractivity contribution in [3.63, 3.8) is 0 Å². The molecule has 0 saturated carbocycles. The molecule has 0 saturated heterocycles. The summed E-state index contributed by atoms with van der Waals surface area (Å²) in [7, 11) is 1.53. The Kier molecular flexibility index (Phi) is 5.17. The molecule has 4 N–H and O–H groups in total. The van der Waals surface area contributed by atoms with E-state index < -0.39 is 11.8 Å². The number of anilines is 2. The van der Waals surface area contributed by atoms with Crippen molar-refractivity contribution in [2.24, 2.45) is 5.73 Å². The van der Waals surface area contributed by atoms with Crippen LogP contribution in [0.15, 0.2) is 18.2 Å². The number of rotatable bonds is 5. The molecule has 0 radical (unpaired) electrons. The summed E-state index contributed by atoms with van der Waals surface area (Å²) in [6.45, 7) is 2.39. The van der Waals surface area contributed by atoms with E-state index in [2.05, 4.69) is 0 Å². The van der Waals surface area contributed by atoms with Crippen molar-refractivity contribution >= 4 is 23.2 Å². The second-order valence-electron chi connectivity index (χ2n) is 4.10. The Hall–Kier alpha value is -2.24. The highest BCUT2D eigenvalue weighted by atomic mass is 16.5. The lowest BCUT2D eigenvalue weighted by Crippen LogP contribution is -2.41. The number of hydrogen-bond acceptors (Lipinski definition) is 4. The van der Waals surface area contributed by atoms with Gasteiger partial charge >= 0.3 is 11.8 Å². The Labute approximate surface area is 112 Å². The van der Waals surface area contributed by atoms with Crippen LogP contribution in [0.5, 0.6) is 5.75 Å². The third-order valence-corrected chi connectivity index (χ3v) is 2.72. The van der Waals surface area contributed by atoms with Crippen LogP contribution in [0.1, 0.15) is 19.8 Å². The number of nitrogens with two attached hydrogens (primary N) is 2. The Morgan fingerprint density at radius 2 is 2.05 bits per heavy atom. The molecular weight excluding hydrogens is 246 g/mol. The van der Waals surface area contributed by atoms with Gasteiger partial charge in [0.1, 0.15) is 5.75 Å². The minimum absolute atomic E-state index is 0.366. The molecule has 0 aliphatic carbocycles. The highest BCUT2D eigenvalue weighted by molar-refractivity contribution is 6.40. The molecule has 1 rings (SSSR count). The summed E-state index contributed by atoms with van der Waals surface area (Å²) >= 11 is 0. The van der Waals surface area contributed by atoms with Crippen molar-refractivity contribution in [2.75, 3.05) is 24.3 Å². The lowest BCUT2D eigenvalue weighted by molar-refractivity contribution is -0.135. The third-order valence-electron chi connectivity index (χ3n) is 2.72. The van der Waals surface area contributed by atoms with E-state index in [1.165, 1.54) is 12.0 Å². The number of carbonyl (C=O) groups excluding carboxylic acids is 2. The molecule has 0 aliphatic rings. The number of carbonyl (C=O) groups is 2. The van der Waals surface area contributed by atoms with Crippen LogP contribution in [-0.4, -0.2) is 25.5 Å². The Morgan fingerprint density at radius 3 is 2.53 bits per heavy atom.